The number of rotatable bonds is 5. The molecule has 1 aromatic heterocycles. The third-order valence-corrected chi connectivity index (χ3v) is 2.72. The van der Waals surface area contributed by atoms with E-state index < -0.39 is 0 Å². The zero-order valence-electron chi connectivity index (χ0n) is 9.40. The van der Waals surface area contributed by atoms with E-state index in [0.717, 1.165) is 12.1 Å². The van der Waals surface area contributed by atoms with Gasteiger partial charge in [0.05, 0.1) is 6.20 Å². The van der Waals surface area contributed by atoms with Crippen molar-refractivity contribution in [3.63, 3.8) is 0 Å². The number of hydrogen-bond acceptors (Lipinski definition) is 2. The molecule has 80 valence electrons. The lowest BCUT2D eigenvalue weighted by Gasteiger charge is -2.17. The largest absolute Gasteiger partial charge is 0.324 e. The number of aryl methyl sites for hydroxylation is 1. The van der Waals surface area contributed by atoms with Gasteiger partial charge >= 0.3 is 0 Å². The van der Waals surface area contributed by atoms with Gasteiger partial charge in [0, 0.05) is 24.3 Å². The number of hydrogen-bond donors (Lipinski definition) is 1. The molecule has 2 N–H and O–H groups in total. The highest BCUT2D eigenvalue weighted by Crippen LogP contribution is 2.22. The van der Waals surface area contributed by atoms with Crippen LogP contribution in [0.15, 0.2) is 12.4 Å². The van der Waals surface area contributed by atoms with Crippen LogP contribution in [-0.4, -0.2) is 9.78 Å². The summed E-state index contributed by atoms with van der Waals surface area (Å²) in [5.41, 5.74) is 7.30. The van der Waals surface area contributed by atoms with Gasteiger partial charge in [-0.05, 0) is 19.3 Å². The topological polar surface area (TPSA) is 43.8 Å². The molecular weight excluding hydrogens is 174 g/mol. The Morgan fingerprint density at radius 2 is 2.21 bits per heavy atom. The van der Waals surface area contributed by atoms with E-state index in [1.54, 1.807) is 0 Å². The second-order valence-corrected chi connectivity index (χ2v) is 3.92. The fraction of sp³-hybridized carbons (Fsp3) is 0.727. The maximum atomic E-state index is 6.14. The van der Waals surface area contributed by atoms with Gasteiger partial charge in [0.25, 0.3) is 0 Å². The van der Waals surface area contributed by atoms with Crippen LogP contribution in [0.5, 0.6) is 0 Å². The third-order valence-electron chi connectivity index (χ3n) is 2.72. The lowest BCUT2D eigenvalue weighted by atomic mass is 9.94. The van der Waals surface area contributed by atoms with Crippen molar-refractivity contribution in [3.05, 3.63) is 18.0 Å². The minimum Gasteiger partial charge on any atom is -0.324 e. The molecule has 0 aliphatic rings. The zero-order valence-corrected chi connectivity index (χ0v) is 9.40. The predicted octanol–water partition coefficient (Wildman–Crippen LogP) is 2.34. The van der Waals surface area contributed by atoms with Crippen molar-refractivity contribution in [3.8, 4) is 0 Å². The first kappa shape index (κ1) is 11.2. The first-order valence-electron chi connectivity index (χ1n) is 5.47. The van der Waals surface area contributed by atoms with Crippen LogP contribution in [0.2, 0.25) is 0 Å². The number of aromatic nitrogens is 2. The van der Waals surface area contributed by atoms with Crippen LogP contribution in [0.1, 0.15) is 45.2 Å². The molecule has 0 radical (unpaired) electrons. The van der Waals surface area contributed by atoms with Gasteiger partial charge in [0.2, 0.25) is 0 Å². The molecule has 2 atom stereocenters. The molecule has 0 saturated heterocycles. The zero-order chi connectivity index (χ0) is 10.6. The molecule has 0 fully saturated rings. The summed E-state index contributed by atoms with van der Waals surface area (Å²) in [6.07, 6.45) is 6.31. The van der Waals surface area contributed by atoms with Gasteiger partial charge in [-0.25, -0.2) is 0 Å². The molecule has 1 aromatic rings. The molecule has 0 bridgehead atoms. The molecule has 14 heavy (non-hydrogen) atoms. The van der Waals surface area contributed by atoms with E-state index in [1.807, 2.05) is 10.9 Å². The van der Waals surface area contributed by atoms with E-state index in [1.165, 1.54) is 12.8 Å². The van der Waals surface area contributed by atoms with Crippen LogP contribution in [0.25, 0.3) is 0 Å². The number of nitrogens with two attached hydrogens (primary N) is 1. The Bertz CT molecular complexity index is 267. The average Bonchev–Trinajstić information content (AvgIpc) is 2.65. The standard InChI is InChI=1S/C11H21N3/c1-4-6-9(3)11(12)10-7-13-14(5-2)8-10/h7-9,11H,4-6,12H2,1-3H3. The Labute approximate surface area is 86.3 Å². The lowest BCUT2D eigenvalue weighted by molar-refractivity contribution is 0.433. The Morgan fingerprint density at radius 1 is 1.50 bits per heavy atom. The Hall–Kier alpha value is -0.830. The second-order valence-electron chi connectivity index (χ2n) is 3.92. The third kappa shape index (κ3) is 2.58. The molecule has 0 aliphatic heterocycles. The molecule has 0 spiro atoms. The van der Waals surface area contributed by atoms with Gasteiger partial charge in [-0.15, -0.1) is 0 Å². The van der Waals surface area contributed by atoms with E-state index >= 15 is 0 Å². The summed E-state index contributed by atoms with van der Waals surface area (Å²) in [5.74, 6) is 0.537. The highest BCUT2D eigenvalue weighted by Gasteiger charge is 2.15. The van der Waals surface area contributed by atoms with Crippen LogP contribution in [0.4, 0.5) is 0 Å². The SMILES string of the molecule is CCCC(C)C(N)c1cnn(CC)c1. The van der Waals surface area contributed by atoms with Crippen molar-refractivity contribution in [1.82, 2.24) is 9.78 Å². The summed E-state index contributed by atoms with van der Waals surface area (Å²) < 4.78 is 1.92. The summed E-state index contributed by atoms with van der Waals surface area (Å²) in [5, 5.41) is 4.23. The molecule has 3 heteroatoms. The molecule has 1 rings (SSSR count). The average molecular weight is 195 g/mol. The lowest BCUT2D eigenvalue weighted by Crippen LogP contribution is -2.18. The van der Waals surface area contributed by atoms with Gasteiger partial charge in [-0.1, -0.05) is 20.3 Å². The summed E-state index contributed by atoms with van der Waals surface area (Å²) in [6, 6.07) is 0.134. The molecule has 3 nitrogen and oxygen atoms in total. The van der Waals surface area contributed by atoms with Crippen LogP contribution in [0.3, 0.4) is 0 Å². The van der Waals surface area contributed by atoms with Crippen molar-refractivity contribution in [2.45, 2.75) is 46.2 Å². The van der Waals surface area contributed by atoms with Gasteiger partial charge < -0.3 is 5.73 Å². The smallest absolute Gasteiger partial charge is 0.0537 e. The normalized spacial score (nSPS) is 15.4. The maximum absolute atomic E-state index is 6.14. The van der Waals surface area contributed by atoms with Crippen molar-refractivity contribution in [2.24, 2.45) is 11.7 Å². The van der Waals surface area contributed by atoms with E-state index in [9.17, 15) is 0 Å². The van der Waals surface area contributed by atoms with Crippen molar-refractivity contribution in [1.29, 1.82) is 0 Å². The highest BCUT2D eigenvalue weighted by atomic mass is 15.3. The maximum Gasteiger partial charge on any atom is 0.0537 e. The van der Waals surface area contributed by atoms with Gasteiger partial charge in [0.15, 0.2) is 0 Å². The van der Waals surface area contributed by atoms with Crippen molar-refractivity contribution < 1.29 is 0 Å². The van der Waals surface area contributed by atoms with E-state index in [0.29, 0.717) is 5.92 Å². The highest BCUT2D eigenvalue weighted by molar-refractivity contribution is 5.10. The number of nitrogens with zero attached hydrogens (tertiary/aromatic N) is 2. The molecule has 1 heterocycles. The predicted molar refractivity (Wildman–Crippen MR) is 58.9 cm³/mol. The molecule has 0 aromatic carbocycles. The van der Waals surface area contributed by atoms with E-state index in [-0.39, 0.29) is 6.04 Å². The fourth-order valence-electron chi connectivity index (χ4n) is 1.69. The molecule has 2 unspecified atom stereocenters. The van der Waals surface area contributed by atoms with Crippen molar-refractivity contribution in [2.75, 3.05) is 0 Å². The Morgan fingerprint density at radius 3 is 2.71 bits per heavy atom. The summed E-state index contributed by atoms with van der Waals surface area (Å²) in [6.45, 7) is 7.39. The summed E-state index contributed by atoms with van der Waals surface area (Å²) in [7, 11) is 0. The quantitative estimate of drug-likeness (QED) is 0.783. The van der Waals surface area contributed by atoms with Crippen LogP contribution in [0, 0.1) is 5.92 Å². The minimum atomic E-state index is 0.134. The second kappa shape index (κ2) is 5.15. The first-order valence-corrected chi connectivity index (χ1v) is 5.47. The molecule has 0 amide bonds. The molecular formula is C11H21N3. The van der Waals surface area contributed by atoms with E-state index in [4.69, 9.17) is 5.73 Å². The molecule has 0 saturated carbocycles. The van der Waals surface area contributed by atoms with Crippen molar-refractivity contribution >= 4 is 0 Å². The first-order chi connectivity index (χ1) is 6.69. The monoisotopic (exact) mass is 195 g/mol. The van der Waals surface area contributed by atoms with Crippen LogP contribution < -0.4 is 5.73 Å². The summed E-state index contributed by atoms with van der Waals surface area (Å²) in [4.78, 5) is 0. The van der Waals surface area contributed by atoms with Crippen LogP contribution >= 0.6 is 0 Å². The molecule has 0 aliphatic carbocycles. The fourth-order valence-corrected chi connectivity index (χ4v) is 1.69. The van der Waals surface area contributed by atoms with Crippen LogP contribution in [-0.2, 0) is 6.54 Å². The van der Waals surface area contributed by atoms with Gasteiger partial charge in [0.1, 0.15) is 0 Å². The Kier molecular flexibility index (Phi) is 4.14. The summed E-state index contributed by atoms with van der Waals surface area (Å²) >= 11 is 0. The van der Waals surface area contributed by atoms with E-state index in [2.05, 4.69) is 32.1 Å². The van der Waals surface area contributed by atoms with Gasteiger partial charge in [-0.2, -0.15) is 5.10 Å². The van der Waals surface area contributed by atoms with Gasteiger partial charge in [-0.3, -0.25) is 4.68 Å². The minimum absolute atomic E-state index is 0.134. The Balaban J connectivity index is 2.63.